The normalized spacial score (nSPS) is 11.3. The molecule has 0 N–H and O–H groups in total. The zero-order valence-electron chi connectivity index (χ0n) is 29.7. The van der Waals surface area contributed by atoms with Gasteiger partial charge in [0.15, 0.2) is 0 Å². The van der Waals surface area contributed by atoms with Crippen LogP contribution in [0.2, 0.25) is 0 Å². The summed E-state index contributed by atoms with van der Waals surface area (Å²) >= 11 is 0. The van der Waals surface area contributed by atoms with Crippen molar-refractivity contribution in [2.45, 2.75) is 0 Å². The molecule has 9 aromatic carbocycles. The van der Waals surface area contributed by atoms with Gasteiger partial charge in [-0.3, -0.25) is 0 Å². The van der Waals surface area contributed by atoms with Gasteiger partial charge in [0.2, 0.25) is 0 Å². The van der Waals surface area contributed by atoms with E-state index in [-0.39, 0.29) is 0 Å². The van der Waals surface area contributed by atoms with Crippen LogP contribution in [0.4, 0.5) is 17.1 Å². The van der Waals surface area contributed by atoms with E-state index < -0.39 is 0 Å². The second kappa shape index (κ2) is 13.4. The molecule has 0 spiro atoms. The molecule has 0 aliphatic carbocycles. The first-order valence-electron chi connectivity index (χ1n) is 18.5. The molecule has 0 atom stereocenters. The zero-order valence-corrected chi connectivity index (χ0v) is 29.7. The van der Waals surface area contributed by atoms with Gasteiger partial charge in [-0.1, -0.05) is 158 Å². The second-order valence-corrected chi connectivity index (χ2v) is 13.8. The van der Waals surface area contributed by atoms with Crippen LogP contribution in [0.15, 0.2) is 218 Å². The van der Waals surface area contributed by atoms with Gasteiger partial charge in [0.1, 0.15) is 0 Å². The average molecular weight is 689 g/mol. The predicted octanol–water partition coefficient (Wildman–Crippen LogP) is 14.4. The Hall–Kier alpha value is -7.16. The largest absolute Gasteiger partial charge is 0.310 e. The summed E-state index contributed by atoms with van der Waals surface area (Å²) in [6.45, 7) is 0. The topological polar surface area (TPSA) is 8.17 Å². The minimum atomic E-state index is 1.10. The van der Waals surface area contributed by atoms with E-state index in [2.05, 4.69) is 228 Å². The lowest BCUT2D eigenvalue weighted by Gasteiger charge is -2.26. The Morgan fingerprint density at radius 3 is 1.46 bits per heavy atom. The lowest BCUT2D eigenvalue weighted by atomic mass is 9.91. The maximum Gasteiger partial charge on any atom is 0.0541 e. The quantitative estimate of drug-likeness (QED) is 0.162. The molecule has 0 unspecified atom stereocenters. The molecule has 54 heavy (non-hydrogen) atoms. The molecular weight excluding hydrogens is 653 g/mol. The van der Waals surface area contributed by atoms with Gasteiger partial charge in [0, 0.05) is 33.5 Å². The summed E-state index contributed by atoms with van der Waals surface area (Å²) in [5, 5.41) is 5.04. The number of para-hydroxylation sites is 3. The van der Waals surface area contributed by atoms with E-state index in [4.69, 9.17) is 0 Å². The highest BCUT2D eigenvalue weighted by Gasteiger charge is 2.16. The third kappa shape index (κ3) is 5.53. The minimum absolute atomic E-state index is 1.10. The number of benzene rings is 9. The minimum Gasteiger partial charge on any atom is -0.310 e. The number of hydrogen-bond acceptors (Lipinski definition) is 1. The van der Waals surface area contributed by atoms with Crippen LogP contribution in [0.1, 0.15) is 0 Å². The Labute approximate surface area is 315 Å². The van der Waals surface area contributed by atoms with Crippen LogP contribution >= 0.6 is 0 Å². The molecule has 1 heterocycles. The summed E-state index contributed by atoms with van der Waals surface area (Å²) in [5.74, 6) is 0. The first kappa shape index (κ1) is 31.6. The maximum absolute atomic E-state index is 2.38. The number of fused-ring (bicyclic) bond motifs is 4. The summed E-state index contributed by atoms with van der Waals surface area (Å²) in [6.07, 6.45) is 0. The van der Waals surface area contributed by atoms with Gasteiger partial charge in [0.05, 0.1) is 11.0 Å². The molecule has 10 rings (SSSR count). The summed E-state index contributed by atoms with van der Waals surface area (Å²) < 4.78 is 2.38. The maximum atomic E-state index is 2.38. The molecular formula is C52H36N2. The number of hydrogen-bond donors (Lipinski definition) is 0. The fraction of sp³-hybridized carbons (Fsp3) is 0. The molecule has 10 aromatic rings. The van der Waals surface area contributed by atoms with E-state index in [9.17, 15) is 0 Å². The lowest BCUT2D eigenvalue weighted by Crippen LogP contribution is -2.09. The Morgan fingerprint density at radius 1 is 0.315 bits per heavy atom. The molecule has 0 bridgehead atoms. The molecule has 0 saturated carbocycles. The molecule has 0 aliphatic rings. The Kier molecular flexibility index (Phi) is 7.85. The van der Waals surface area contributed by atoms with Crippen molar-refractivity contribution in [3.05, 3.63) is 218 Å². The van der Waals surface area contributed by atoms with Crippen molar-refractivity contribution in [2.75, 3.05) is 4.90 Å². The van der Waals surface area contributed by atoms with E-state index in [1.165, 1.54) is 60.4 Å². The molecule has 2 heteroatoms. The highest BCUT2D eigenvalue weighted by atomic mass is 15.1. The van der Waals surface area contributed by atoms with Crippen molar-refractivity contribution >= 4 is 49.6 Å². The third-order valence-corrected chi connectivity index (χ3v) is 10.6. The zero-order chi connectivity index (χ0) is 35.8. The summed E-state index contributed by atoms with van der Waals surface area (Å²) in [5.41, 5.74) is 14.1. The van der Waals surface area contributed by atoms with Crippen molar-refractivity contribution in [1.82, 2.24) is 4.57 Å². The van der Waals surface area contributed by atoms with Crippen LogP contribution in [-0.2, 0) is 0 Å². The van der Waals surface area contributed by atoms with Gasteiger partial charge in [-0.05, 0) is 105 Å². The van der Waals surface area contributed by atoms with E-state index in [0.717, 1.165) is 28.3 Å². The smallest absolute Gasteiger partial charge is 0.0541 e. The van der Waals surface area contributed by atoms with E-state index in [0.29, 0.717) is 0 Å². The molecule has 0 fully saturated rings. The third-order valence-electron chi connectivity index (χ3n) is 10.6. The van der Waals surface area contributed by atoms with Crippen LogP contribution in [0, 0.1) is 0 Å². The van der Waals surface area contributed by atoms with Gasteiger partial charge in [-0.25, -0.2) is 0 Å². The van der Waals surface area contributed by atoms with E-state index in [1.54, 1.807) is 0 Å². The van der Waals surface area contributed by atoms with Crippen LogP contribution in [0.5, 0.6) is 0 Å². The Balaban J connectivity index is 1.05. The second-order valence-electron chi connectivity index (χ2n) is 13.8. The van der Waals surface area contributed by atoms with Crippen molar-refractivity contribution < 1.29 is 0 Å². The molecule has 0 saturated heterocycles. The van der Waals surface area contributed by atoms with Gasteiger partial charge in [-0.15, -0.1) is 0 Å². The first-order valence-corrected chi connectivity index (χ1v) is 18.5. The van der Waals surface area contributed by atoms with Gasteiger partial charge in [-0.2, -0.15) is 0 Å². The van der Waals surface area contributed by atoms with Crippen molar-refractivity contribution in [1.29, 1.82) is 0 Å². The Bertz CT molecular complexity index is 2860. The highest BCUT2D eigenvalue weighted by Crippen LogP contribution is 2.41. The van der Waals surface area contributed by atoms with Crippen LogP contribution in [0.25, 0.3) is 71.6 Å². The average Bonchev–Trinajstić information content (AvgIpc) is 3.59. The molecule has 0 radical (unpaired) electrons. The van der Waals surface area contributed by atoms with Crippen molar-refractivity contribution in [3.63, 3.8) is 0 Å². The number of aromatic nitrogens is 1. The fourth-order valence-electron chi connectivity index (χ4n) is 8.10. The standard InChI is InChI=1S/C52H36N2/c1-3-15-37(16-4-1)46-27-13-17-39-18-14-28-47(52(39)46)38-31-33-43(34-32-38)53(42-21-5-2-6-22-42)44-23-11-19-40(35-44)41-20-12-24-45(36-41)54-50-29-9-7-25-48(50)49-26-8-10-30-51(49)54/h1-36H. The first-order chi connectivity index (χ1) is 26.8. The number of anilines is 3. The fourth-order valence-corrected chi connectivity index (χ4v) is 8.10. The SMILES string of the molecule is c1ccc(-c2cccc3cccc(-c4ccc(N(c5ccccc5)c5cccc(-c6cccc(-n7c8ccccc8c8ccccc87)c6)c5)cc4)c23)cc1. The molecule has 2 nitrogen and oxygen atoms in total. The predicted molar refractivity (Wildman–Crippen MR) is 229 cm³/mol. The Morgan fingerprint density at radius 2 is 0.796 bits per heavy atom. The summed E-state index contributed by atoms with van der Waals surface area (Å²) in [4.78, 5) is 2.35. The van der Waals surface area contributed by atoms with Gasteiger partial charge >= 0.3 is 0 Å². The van der Waals surface area contributed by atoms with Crippen LogP contribution in [-0.4, -0.2) is 4.57 Å². The van der Waals surface area contributed by atoms with Crippen LogP contribution in [0.3, 0.4) is 0 Å². The van der Waals surface area contributed by atoms with Gasteiger partial charge < -0.3 is 9.47 Å². The highest BCUT2D eigenvalue weighted by molar-refractivity contribution is 6.09. The van der Waals surface area contributed by atoms with Crippen molar-refractivity contribution in [3.8, 4) is 39.1 Å². The molecule has 254 valence electrons. The molecule has 0 amide bonds. The molecule has 0 aliphatic heterocycles. The van der Waals surface area contributed by atoms with Crippen molar-refractivity contribution in [2.24, 2.45) is 0 Å². The molecule has 1 aromatic heterocycles. The monoisotopic (exact) mass is 688 g/mol. The van der Waals surface area contributed by atoms with Crippen LogP contribution < -0.4 is 4.90 Å². The summed E-state index contributed by atoms with van der Waals surface area (Å²) in [6, 6.07) is 78.8. The number of nitrogens with zero attached hydrogens (tertiary/aromatic N) is 2. The van der Waals surface area contributed by atoms with E-state index >= 15 is 0 Å². The summed E-state index contributed by atoms with van der Waals surface area (Å²) in [7, 11) is 0. The lowest BCUT2D eigenvalue weighted by molar-refractivity contribution is 1.18. The number of rotatable bonds is 7. The van der Waals surface area contributed by atoms with E-state index in [1.807, 2.05) is 0 Å². The van der Waals surface area contributed by atoms with Gasteiger partial charge in [0.25, 0.3) is 0 Å².